The zero-order chi connectivity index (χ0) is 17.2. The number of rotatable bonds is 5. The third-order valence-corrected chi connectivity index (χ3v) is 3.03. The molecule has 2 aromatic heterocycles. The summed E-state index contributed by atoms with van der Waals surface area (Å²) in [6.07, 6.45) is -4.04. The van der Waals surface area contributed by atoms with Gasteiger partial charge in [0.15, 0.2) is 11.5 Å². The Labute approximate surface area is 130 Å². The van der Waals surface area contributed by atoms with E-state index in [0.717, 1.165) is 6.07 Å². The first-order chi connectivity index (χ1) is 10.7. The standard InChI is InChI=1S/C13H17F3N6O/c1-5-8(11-17-7(2)23-21-11)18-12-19-9(13(14,15)16)6-10(20-12)22(3)4/h6,8H,5H2,1-4H3,(H,18,19,20). The minimum Gasteiger partial charge on any atom is -0.363 e. The van der Waals surface area contributed by atoms with Crippen LogP contribution in [-0.2, 0) is 6.18 Å². The van der Waals surface area contributed by atoms with E-state index in [2.05, 4.69) is 25.4 Å². The number of anilines is 2. The summed E-state index contributed by atoms with van der Waals surface area (Å²) >= 11 is 0. The molecule has 2 rings (SSSR count). The summed E-state index contributed by atoms with van der Waals surface area (Å²) < 4.78 is 43.8. The summed E-state index contributed by atoms with van der Waals surface area (Å²) in [5, 5.41) is 6.61. The van der Waals surface area contributed by atoms with Gasteiger partial charge in [0.25, 0.3) is 0 Å². The van der Waals surface area contributed by atoms with Gasteiger partial charge >= 0.3 is 6.18 Å². The van der Waals surface area contributed by atoms with Crippen LogP contribution in [0.3, 0.4) is 0 Å². The second-order valence-electron chi connectivity index (χ2n) is 5.10. The first-order valence-corrected chi connectivity index (χ1v) is 6.91. The third-order valence-electron chi connectivity index (χ3n) is 3.03. The van der Waals surface area contributed by atoms with E-state index in [-0.39, 0.29) is 11.8 Å². The highest BCUT2D eigenvalue weighted by molar-refractivity contribution is 5.44. The van der Waals surface area contributed by atoms with E-state index in [4.69, 9.17) is 4.52 Å². The van der Waals surface area contributed by atoms with Crippen molar-refractivity contribution >= 4 is 11.8 Å². The van der Waals surface area contributed by atoms with Crippen molar-refractivity contribution in [3.05, 3.63) is 23.5 Å². The quantitative estimate of drug-likeness (QED) is 0.903. The summed E-state index contributed by atoms with van der Waals surface area (Å²) in [5.41, 5.74) is -1.02. The number of alkyl halides is 3. The van der Waals surface area contributed by atoms with Gasteiger partial charge in [-0.1, -0.05) is 12.1 Å². The molecule has 0 spiro atoms. The number of aryl methyl sites for hydroxylation is 1. The molecule has 0 radical (unpaired) electrons. The van der Waals surface area contributed by atoms with Crippen molar-refractivity contribution in [1.82, 2.24) is 20.1 Å². The number of nitrogens with zero attached hydrogens (tertiary/aromatic N) is 5. The van der Waals surface area contributed by atoms with Gasteiger partial charge in [0.05, 0.1) is 6.04 Å². The average molecular weight is 330 g/mol. The topological polar surface area (TPSA) is 80.0 Å². The molecule has 0 saturated carbocycles. The van der Waals surface area contributed by atoms with Crippen LogP contribution in [0.5, 0.6) is 0 Å². The first-order valence-electron chi connectivity index (χ1n) is 6.91. The Morgan fingerprint density at radius 3 is 2.43 bits per heavy atom. The smallest absolute Gasteiger partial charge is 0.363 e. The number of hydrogen-bond donors (Lipinski definition) is 1. The highest BCUT2D eigenvalue weighted by Gasteiger charge is 2.34. The molecular weight excluding hydrogens is 313 g/mol. The SMILES string of the molecule is CCC(Nc1nc(N(C)C)cc(C(F)(F)F)n1)c1noc(C)n1. The molecule has 7 nitrogen and oxygen atoms in total. The predicted molar refractivity (Wildman–Crippen MR) is 77.1 cm³/mol. The monoisotopic (exact) mass is 330 g/mol. The fourth-order valence-electron chi connectivity index (χ4n) is 1.83. The lowest BCUT2D eigenvalue weighted by atomic mass is 10.2. The molecule has 0 aromatic carbocycles. The number of hydrogen-bond acceptors (Lipinski definition) is 7. The Morgan fingerprint density at radius 1 is 1.26 bits per heavy atom. The van der Waals surface area contributed by atoms with Gasteiger partial charge in [-0.3, -0.25) is 0 Å². The molecule has 1 atom stereocenters. The highest BCUT2D eigenvalue weighted by Crippen LogP contribution is 2.31. The molecule has 0 amide bonds. The minimum atomic E-state index is -4.56. The molecule has 2 aromatic rings. The van der Waals surface area contributed by atoms with E-state index < -0.39 is 17.9 Å². The van der Waals surface area contributed by atoms with Crippen molar-refractivity contribution < 1.29 is 17.7 Å². The maximum Gasteiger partial charge on any atom is 0.433 e. The van der Waals surface area contributed by atoms with Crippen molar-refractivity contribution in [1.29, 1.82) is 0 Å². The predicted octanol–water partition coefficient (Wildman–Crippen LogP) is 2.82. The van der Waals surface area contributed by atoms with Gasteiger partial charge in [0.2, 0.25) is 11.8 Å². The van der Waals surface area contributed by atoms with Crippen LogP contribution in [0, 0.1) is 6.92 Å². The van der Waals surface area contributed by atoms with Crippen molar-refractivity contribution in [3.63, 3.8) is 0 Å². The lowest BCUT2D eigenvalue weighted by Gasteiger charge is -2.18. The first kappa shape index (κ1) is 17.0. The second kappa shape index (κ2) is 6.39. The van der Waals surface area contributed by atoms with Crippen LogP contribution in [0.25, 0.3) is 0 Å². The maximum absolute atomic E-state index is 13.0. The van der Waals surface area contributed by atoms with Crippen molar-refractivity contribution in [2.24, 2.45) is 0 Å². The largest absolute Gasteiger partial charge is 0.433 e. The van der Waals surface area contributed by atoms with Crippen molar-refractivity contribution in [3.8, 4) is 0 Å². The molecule has 0 saturated heterocycles. The van der Waals surface area contributed by atoms with Gasteiger partial charge in [-0.2, -0.15) is 23.1 Å². The zero-order valence-electron chi connectivity index (χ0n) is 13.1. The fourth-order valence-corrected chi connectivity index (χ4v) is 1.83. The van der Waals surface area contributed by atoms with Crippen molar-refractivity contribution in [2.45, 2.75) is 32.5 Å². The van der Waals surface area contributed by atoms with E-state index in [1.807, 2.05) is 6.92 Å². The van der Waals surface area contributed by atoms with E-state index >= 15 is 0 Å². The van der Waals surface area contributed by atoms with Gasteiger partial charge in [0.1, 0.15) is 5.82 Å². The summed E-state index contributed by atoms with van der Waals surface area (Å²) in [7, 11) is 3.21. The van der Waals surface area contributed by atoms with Gasteiger partial charge in [0, 0.05) is 27.1 Å². The van der Waals surface area contributed by atoms with Gasteiger partial charge in [-0.05, 0) is 6.42 Å². The lowest BCUT2D eigenvalue weighted by Crippen LogP contribution is -2.19. The Balaban J connectivity index is 2.35. The Hall–Kier alpha value is -2.39. The molecule has 0 aliphatic carbocycles. The average Bonchev–Trinajstić information content (AvgIpc) is 2.90. The van der Waals surface area contributed by atoms with Crippen LogP contribution in [0.1, 0.15) is 36.8 Å². The van der Waals surface area contributed by atoms with Crippen LogP contribution >= 0.6 is 0 Å². The van der Waals surface area contributed by atoms with Crippen LogP contribution in [-0.4, -0.2) is 34.2 Å². The number of aromatic nitrogens is 4. The molecule has 10 heteroatoms. The second-order valence-corrected chi connectivity index (χ2v) is 5.10. The molecule has 0 fully saturated rings. The van der Waals surface area contributed by atoms with E-state index in [0.29, 0.717) is 18.1 Å². The minimum absolute atomic E-state index is 0.141. The Morgan fingerprint density at radius 2 is 1.96 bits per heavy atom. The van der Waals surface area contributed by atoms with Crippen LogP contribution in [0.4, 0.5) is 24.9 Å². The Kier molecular flexibility index (Phi) is 4.71. The molecule has 0 aliphatic heterocycles. The summed E-state index contributed by atoms with van der Waals surface area (Å²) in [6.45, 7) is 3.47. The number of halogens is 3. The fraction of sp³-hybridized carbons (Fsp3) is 0.538. The van der Waals surface area contributed by atoms with Gasteiger partial charge in [-0.25, -0.2) is 4.98 Å². The zero-order valence-corrected chi connectivity index (χ0v) is 13.1. The van der Waals surface area contributed by atoms with Gasteiger partial charge in [-0.15, -0.1) is 0 Å². The molecule has 0 aliphatic rings. The van der Waals surface area contributed by atoms with E-state index in [1.54, 1.807) is 21.0 Å². The molecule has 1 unspecified atom stereocenters. The third kappa shape index (κ3) is 4.08. The molecule has 1 N–H and O–H groups in total. The van der Waals surface area contributed by atoms with Crippen LogP contribution < -0.4 is 10.2 Å². The molecule has 2 heterocycles. The van der Waals surface area contributed by atoms with E-state index in [1.165, 1.54) is 4.90 Å². The lowest BCUT2D eigenvalue weighted by molar-refractivity contribution is -0.141. The number of nitrogens with one attached hydrogen (secondary N) is 1. The summed E-state index contributed by atoms with van der Waals surface area (Å²) in [5.74, 6) is 0.725. The highest BCUT2D eigenvalue weighted by atomic mass is 19.4. The Bertz CT molecular complexity index is 670. The maximum atomic E-state index is 13.0. The van der Waals surface area contributed by atoms with Crippen LogP contribution in [0.2, 0.25) is 0 Å². The van der Waals surface area contributed by atoms with Crippen molar-refractivity contribution in [2.75, 3.05) is 24.3 Å². The summed E-state index contributed by atoms with van der Waals surface area (Å²) in [6, 6.07) is 0.441. The summed E-state index contributed by atoms with van der Waals surface area (Å²) in [4.78, 5) is 13.2. The molecule has 23 heavy (non-hydrogen) atoms. The normalized spacial score (nSPS) is 13.0. The molecule has 0 bridgehead atoms. The molecule has 126 valence electrons. The van der Waals surface area contributed by atoms with E-state index in [9.17, 15) is 13.2 Å². The van der Waals surface area contributed by atoms with Gasteiger partial charge < -0.3 is 14.7 Å². The van der Waals surface area contributed by atoms with Crippen LogP contribution in [0.15, 0.2) is 10.6 Å². The molecular formula is C13H17F3N6O.